The minimum atomic E-state index is -0.448. The highest BCUT2D eigenvalue weighted by molar-refractivity contribution is 7.22. The predicted octanol–water partition coefficient (Wildman–Crippen LogP) is 2.27. The largest absolute Gasteiger partial charge is 0.497 e. The molecule has 3 amide bonds. The number of hydrogen-bond acceptors (Lipinski definition) is 8. The number of imide groups is 1. The van der Waals surface area contributed by atoms with Gasteiger partial charge in [0.05, 0.1) is 41.7 Å². The first-order valence-corrected chi connectivity index (χ1v) is 11.9. The molecule has 0 unspecified atom stereocenters. The molecule has 0 N–H and O–H groups in total. The molecule has 0 atom stereocenters. The van der Waals surface area contributed by atoms with Gasteiger partial charge in [-0.2, -0.15) is 0 Å². The summed E-state index contributed by atoms with van der Waals surface area (Å²) in [6, 6.07) is 12.2. The minimum absolute atomic E-state index is 0.326. The molecule has 2 aromatic carbocycles. The lowest BCUT2D eigenvalue weighted by Gasteiger charge is -2.29. The topological polar surface area (TPSA) is 92.3 Å². The summed E-state index contributed by atoms with van der Waals surface area (Å²) in [6.45, 7) is 3.58. The van der Waals surface area contributed by atoms with Gasteiger partial charge in [0.1, 0.15) is 12.3 Å². The van der Waals surface area contributed by atoms with Crippen molar-refractivity contribution in [2.24, 2.45) is 0 Å². The summed E-state index contributed by atoms with van der Waals surface area (Å²) in [6.07, 6.45) is 0. The standard InChI is InChI=1S/C24H24N4O5S/c1-32-16-6-7-20-19(14-16)25-24(34-20)27(9-8-26-10-12-33-13-11-26)21(29)15-28-22(30)17-4-2-3-5-18(17)23(28)31/h2-7,14H,8-13,15H2,1H3. The smallest absolute Gasteiger partial charge is 0.262 e. The van der Waals surface area contributed by atoms with E-state index in [1.807, 2.05) is 18.2 Å². The van der Waals surface area contributed by atoms with Crippen molar-refractivity contribution in [2.45, 2.75) is 0 Å². The molecule has 3 heterocycles. The summed E-state index contributed by atoms with van der Waals surface area (Å²) in [4.78, 5) is 48.6. The molecule has 5 rings (SSSR count). The van der Waals surface area contributed by atoms with Crippen molar-refractivity contribution in [1.82, 2.24) is 14.8 Å². The van der Waals surface area contributed by atoms with Crippen molar-refractivity contribution >= 4 is 44.4 Å². The summed E-state index contributed by atoms with van der Waals surface area (Å²) in [5, 5.41) is 0.526. The normalized spacial score (nSPS) is 16.2. The number of thiazole rings is 1. The summed E-state index contributed by atoms with van der Waals surface area (Å²) >= 11 is 1.39. The zero-order chi connectivity index (χ0) is 23.7. The summed E-state index contributed by atoms with van der Waals surface area (Å²) in [5.74, 6) is -0.567. The number of rotatable bonds is 7. The number of carbonyl (C=O) groups is 3. The maximum atomic E-state index is 13.5. The van der Waals surface area contributed by atoms with Crippen LogP contribution < -0.4 is 9.64 Å². The van der Waals surface area contributed by atoms with Crippen LogP contribution in [0.1, 0.15) is 20.7 Å². The van der Waals surface area contributed by atoms with Gasteiger partial charge in [0, 0.05) is 32.2 Å². The Labute approximate surface area is 200 Å². The van der Waals surface area contributed by atoms with E-state index in [2.05, 4.69) is 9.88 Å². The number of methoxy groups -OCH3 is 1. The summed E-state index contributed by atoms with van der Waals surface area (Å²) in [5.41, 5.74) is 1.38. The highest BCUT2D eigenvalue weighted by atomic mass is 32.1. The van der Waals surface area contributed by atoms with Gasteiger partial charge in [0.15, 0.2) is 5.13 Å². The number of amides is 3. The van der Waals surface area contributed by atoms with Crippen molar-refractivity contribution in [2.75, 3.05) is 57.9 Å². The molecule has 1 fully saturated rings. The van der Waals surface area contributed by atoms with E-state index in [0.29, 0.717) is 48.3 Å². The quantitative estimate of drug-likeness (QED) is 0.479. The number of carbonyl (C=O) groups excluding carboxylic acids is 3. The van der Waals surface area contributed by atoms with Crippen molar-refractivity contribution < 1.29 is 23.9 Å². The number of anilines is 1. The monoisotopic (exact) mass is 480 g/mol. The fourth-order valence-electron chi connectivity index (χ4n) is 4.13. The molecule has 10 heteroatoms. The molecule has 0 radical (unpaired) electrons. The Morgan fingerprint density at radius 3 is 2.50 bits per heavy atom. The lowest BCUT2D eigenvalue weighted by atomic mass is 10.1. The molecular formula is C24H24N4O5S. The van der Waals surface area contributed by atoms with Crippen LogP contribution in [0.5, 0.6) is 5.75 Å². The lowest BCUT2D eigenvalue weighted by Crippen LogP contribution is -2.47. The Bertz CT molecular complexity index is 1220. The predicted molar refractivity (Wildman–Crippen MR) is 128 cm³/mol. The van der Waals surface area contributed by atoms with Gasteiger partial charge < -0.3 is 9.47 Å². The number of benzene rings is 2. The third kappa shape index (κ3) is 4.27. The number of ether oxygens (including phenoxy) is 2. The SMILES string of the molecule is COc1ccc2sc(N(CCN3CCOCC3)C(=O)CN3C(=O)c4ccccc4C3=O)nc2c1. The van der Waals surface area contributed by atoms with Gasteiger partial charge >= 0.3 is 0 Å². The number of fused-ring (bicyclic) bond motifs is 2. The average Bonchev–Trinajstić information content (AvgIpc) is 3.39. The lowest BCUT2D eigenvalue weighted by molar-refractivity contribution is -0.119. The van der Waals surface area contributed by atoms with Crippen LogP contribution in [-0.2, 0) is 9.53 Å². The van der Waals surface area contributed by atoms with Gasteiger partial charge in [-0.15, -0.1) is 0 Å². The maximum absolute atomic E-state index is 13.5. The molecule has 0 bridgehead atoms. The molecule has 0 spiro atoms. The van der Waals surface area contributed by atoms with E-state index in [-0.39, 0.29) is 12.5 Å². The van der Waals surface area contributed by atoms with E-state index in [9.17, 15) is 14.4 Å². The zero-order valence-corrected chi connectivity index (χ0v) is 19.5. The molecule has 176 valence electrons. The number of aromatic nitrogens is 1. The van der Waals surface area contributed by atoms with E-state index in [0.717, 1.165) is 28.2 Å². The Kier molecular flexibility index (Phi) is 6.27. The van der Waals surface area contributed by atoms with Gasteiger partial charge in [-0.1, -0.05) is 23.5 Å². The van der Waals surface area contributed by atoms with Crippen molar-refractivity contribution in [3.63, 3.8) is 0 Å². The highest BCUT2D eigenvalue weighted by Gasteiger charge is 2.37. The first kappa shape index (κ1) is 22.5. The van der Waals surface area contributed by atoms with Crippen molar-refractivity contribution in [3.8, 4) is 5.75 Å². The van der Waals surface area contributed by atoms with E-state index in [4.69, 9.17) is 9.47 Å². The Morgan fingerprint density at radius 2 is 1.82 bits per heavy atom. The van der Waals surface area contributed by atoms with Crippen LogP contribution in [0.2, 0.25) is 0 Å². The zero-order valence-electron chi connectivity index (χ0n) is 18.7. The molecule has 3 aromatic rings. The van der Waals surface area contributed by atoms with Crippen molar-refractivity contribution in [3.05, 3.63) is 53.6 Å². The van der Waals surface area contributed by atoms with Crippen LogP contribution in [0.3, 0.4) is 0 Å². The van der Waals surface area contributed by atoms with Gasteiger partial charge in [0.2, 0.25) is 5.91 Å². The molecule has 1 aromatic heterocycles. The van der Waals surface area contributed by atoms with Crippen LogP contribution in [0.15, 0.2) is 42.5 Å². The first-order chi connectivity index (χ1) is 16.5. The van der Waals surface area contributed by atoms with E-state index in [1.54, 1.807) is 36.3 Å². The number of morpholine rings is 1. The fourth-order valence-corrected chi connectivity index (χ4v) is 5.12. The molecule has 0 saturated carbocycles. The molecular weight excluding hydrogens is 456 g/mol. The minimum Gasteiger partial charge on any atom is -0.497 e. The number of nitrogens with zero attached hydrogens (tertiary/aromatic N) is 4. The van der Waals surface area contributed by atoms with E-state index >= 15 is 0 Å². The van der Waals surface area contributed by atoms with Crippen molar-refractivity contribution in [1.29, 1.82) is 0 Å². The van der Waals surface area contributed by atoms with E-state index < -0.39 is 11.8 Å². The van der Waals surface area contributed by atoms with Crippen LogP contribution in [0, 0.1) is 0 Å². The molecule has 2 aliphatic heterocycles. The second kappa shape index (κ2) is 9.49. The maximum Gasteiger partial charge on any atom is 0.262 e. The van der Waals surface area contributed by atoms with Gasteiger partial charge in [-0.25, -0.2) is 4.98 Å². The summed E-state index contributed by atoms with van der Waals surface area (Å²) in [7, 11) is 1.59. The molecule has 0 aliphatic carbocycles. The van der Waals surface area contributed by atoms with Crippen LogP contribution in [0.25, 0.3) is 10.2 Å². The second-order valence-corrected chi connectivity index (χ2v) is 9.08. The fraction of sp³-hybridized carbons (Fsp3) is 0.333. The van der Waals surface area contributed by atoms with Crippen LogP contribution in [0.4, 0.5) is 5.13 Å². The van der Waals surface area contributed by atoms with E-state index in [1.165, 1.54) is 11.3 Å². The Morgan fingerprint density at radius 1 is 1.12 bits per heavy atom. The molecule has 1 saturated heterocycles. The Hall–Kier alpha value is -3.34. The molecule has 9 nitrogen and oxygen atoms in total. The number of hydrogen-bond donors (Lipinski definition) is 0. The highest BCUT2D eigenvalue weighted by Crippen LogP contribution is 2.32. The first-order valence-electron chi connectivity index (χ1n) is 11.1. The Balaban J connectivity index is 1.40. The van der Waals surface area contributed by atoms with Crippen LogP contribution >= 0.6 is 11.3 Å². The summed E-state index contributed by atoms with van der Waals surface area (Å²) < 4.78 is 11.6. The molecule has 34 heavy (non-hydrogen) atoms. The second-order valence-electron chi connectivity index (χ2n) is 8.07. The van der Waals surface area contributed by atoms with Gasteiger partial charge in [-0.05, 0) is 24.3 Å². The third-order valence-corrected chi connectivity index (χ3v) is 7.09. The van der Waals surface area contributed by atoms with Gasteiger partial charge in [0.25, 0.3) is 11.8 Å². The van der Waals surface area contributed by atoms with Crippen LogP contribution in [-0.4, -0.2) is 85.6 Å². The average molecular weight is 481 g/mol. The van der Waals surface area contributed by atoms with Gasteiger partial charge in [-0.3, -0.25) is 29.1 Å². The molecule has 2 aliphatic rings. The third-order valence-electron chi connectivity index (χ3n) is 6.03.